The summed E-state index contributed by atoms with van der Waals surface area (Å²) in [6.45, 7) is 0.829. The Morgan fingerprint density at radius 1 is 1.38 bits per heavy atom. The van der Waals surface area contributed by atoms with E-state index in [-0.39, 0.29) is 11.7 Å². The molecule has 0 spiro atoms. The molecular weight excluding hydrogens is 328 g/mol. The van der Waals surface area contributed by atoms with Crippen molar-refractivity contribution < 1.29 is 8.76 Å². The molecule has 3 rings (SSSR count). The van der Waals surface area contributed by atoms with E-state index in [0.29, 0.717) is 22.6 Å². The van der Waals surface area contributed by atoms with Gasteiger partial charge in [-0.2, -0.15) is 5.26 Å². The van der Waals surface area contributed by atoms with Crippen LogP contribution in [0.15, 0.2) is 46.6 Å². The van der Waals surface area contributed by atoms with Crippen LogP contribution in [0.4, 0.5) is 22.7 Å². The average Bonchev–Trinajstić information content (AvgIpc) is 3.38. The molecule has 2 unspecified atom stereocenters. The van der Waals surface area contributed by atoms with Crippen LogP contribution < -0.4 is 15.8 Å². The lowest BCUT2D eigenvalue weighted by Crippen LogP contribution is -2.02. The molecule has 0 aliphatic carbocycles. The van der Waals surface area contributed by atoms with Crippen LogP contribution >= 0.6 is 0 Å². The van der Waals surface area contributed by atoms with E-state index in [2.05, 4.69) is 26.3 Å². The van der Waals surface area contributed by atoms with Crippen molar-refractivity contribution in [3.63, 3.8) is 0 Å². The van der Waals surface area contributed by atoms with Crippen LogP contribution in [0, 0.1) is 11.3 Å². The molecule has 5 N–H and O–H groups in total. The summed E-state index contributed by atoms with van der Waals surface area (Å²) in [5, 5.41) is 20.8. The number of hydrogen-bond donors (Lipinski definition) is 4. The van der Waals surface area contributed by atoms with E-state index in [4.69, 9.17) is 10.3 Å². The lowest BCUT2D eigenvalue weighted by Gasteiger charge is -2.07. The second-order valence-corrected chi connectivity index (χ2v) is 5.85. The minimum atomic E-state index is -2.26. The van der Waals surface area contributed by atoms with Gasteiger partial charge in [0.25, 0.3) is 11.3 Å². The number of hydrogen-bond acceptors (Lipinski definition) is 6. The number of nitriles is 1. The molecule has 122 valence electrons. The summed E-state index contributed by atoms with van der Waals surface area (Å²) < 4.78 is 22.4. The van der Waals surface area contributed by atoms with Crippen molar-refractivity contribution in [3.8, 4) is 6.07 Å². The van der Waals surface area contributed by atoms with Crippen LogP contribution in [0.1, 0.15) is 17.2 Å². The van der Waals surface area contributed by atoms with Gasteiger partial charge < -0.3 is 11.1 Å². The van der Waals surface area contributed by atoms with Gasteiger partial charge in [0.1, 0.15) is 17.4 Å². The summed E-state index contributed by atoms with van der Waals surface area (Å²) in [4.78, 5) is 0. The Labute approximate surface area is 140 Å². The summed E-state index contributed by atoms with van der Waals surface area (Å²) >= 11 is -2.26. The predicted octanol–water partition coefficient (Wildman–Crippen LogP) is 2.75. The lowest BCUT2D eigenvalue weighted by atomic mass is 10.1. The summed E-state index contributed by atoms with van der Waals surface area (Å²) in [7, 11) is 0. The summed E-state index contributed by atoms with van der Waals surface area (Å²) in [5.41, 5.74) is 8.53. The fourth-order valence-electron chi connectivity index (χ4n) is 2.24. The molecule has 8 nitrogen and oxygen atoms in total. The molecule has 0 radical (unpaired) electrons. The van der Waals surface area contributed by atoms with E-state index in [1.54, 1.807) is 24.3 Å². The smallest absolute Gasteiger partial charge is 0.259 e. The van der Waals surface area contributed by atoms with Gasteiger partial charge in [0.05, 0.1) is 11.3 Å². The molecule has 2 aromatic rings. The third-order valence-corrected chi connectivity index (χ3v) is 3.84. The minimum absolute atomic E-state index is 0.168. The molecule has 24 heavy (non-hydrogen) atoms. The molecule has 2 aromatic carbocycles. The van der Waals surface area contributed by atoms with Crippen molar-refractivity contribution in [3.05, 3.63) is 47.5 Å². The molecule has 0 amide bonds. The van der Waals surface area contributed by atoms with Crippen molar-refractivity contribution in [2.24, 2.45) is 10.2 Å². The first-order valence-electron chi connectivity index (χ1n) is 7.03. The first-order chi connectivity index (χ1) is 11.6. The fourth-order valence-corrected chi connectivity index (χ4v) is 2.60. The Kier molecular flexibility index (Phi) is 4.52. The van der Waals surface area contributed by atoms with Crippen LogP contribution in [0.5, 0.6) is 0 Å². The first kappa shape index (κ1) is 16.1. The van der Waals surface area contributed by atoms with E-state index in [1.807, 2.05) is 6.07 Å². The van der Waals surface area contributed by atoms with Gasteiger partial charge in [0.2, 0.25) is 0 Å². The molecule has 1 fully saturated rings. The van der Waals surface area contributed by atoms with Gasteiger partial charge in [-0.1, -0.05) is 12.1 Å². The number of azo groups is 1. The molecule has 0 saturated carbocycles. The fraction of sp³-hybridized carbons (Fsp3) is 0.133. The van der Waals surface area contributed by atoms with Crippen LogP contribution in [0.25, 0.3) is 0 Å². The molecule has 1 saturated heterocycles. The Bertz CT molecular complexity index is 873. The Hall–Kier alpha value is -2.80. The second kappa shape index (κ2) is 6.76. The molecule has 0 aromatic heterocycles. The van der Waals surface area contributed by atoms with Crippen LogP contribution in [-0.2, 0) is 11.3 Å². The monoisotopic (exact) mass is 342 g/mol. The number of anilines is 2. The van der Waals surface area contributed by atoms with Gasteiger partial charge in [-0.05, 0) is 29.8 Å². The highest BCUT2D eigenvalue weighted by molar-refractivity contribution is 7.80. The van der Waals surface area contributed by atoms with Gasteiger partial charge in [-0.25, -0.2) is 4.21 Å². The predicted molar refractivity (Wildman–Crippen MR) is 91.3 cm³/mol. The third kappa shape index (κ3) is 3.57. The Morgan fingerprint density at radius 3 is 2.83 bits per heavy atom. The molecule has 1 aliphatic heterocycles. The maximum atomic E-state index is 11.0. The molecule has 0 bridgehead atoms. The maximum Gasteiger partial charge on any atom is 0.259 e. The number of nitrogen functional groups attached to an aromatic ring is 1. The summed E-state index contributed by atoms with van der Waals surface area (Å²) in [5.74, 6) is 0. The number of nitrogens with one attached hydrogen (secondary N) is 2. The highest BCUT2D eigenvalue weighted by Crippen LogP contribution is 2.36. The average molecular weight is 342 g/mol. The molecular formula is C15H14N6O2S. The van der Waals surface area contributed by atoms with Gasteiger partial charge in [0, 0.05) is 18.3 Å². The zero-order valence-corrected chi connectivity index (χ0v) is 13.2. The zero-order chi connectivity index (χ0) is 17.1. The quantitative estimate of drug-likeness (QED) is 0.285. The van der Waals surface area contributed by atoms with Crippen molar-refractivity contribution >= 4 is 34.0 Å². The summed E-state index contributed by atoms with van der Waals surface area (Å²) in [6.07, 6.45) is 0. The van der Waals surface area contributed by atoms with E-state index in [9.17, 15) is 9.47 Å². The SMILES string of the molecule is N#Cc1cccc(C2CN2)c1N=Nc1ccc(N)cc1NS(=O)O. The van der Waals surface area contributed by atoms with E-state index in [1.165, 1.54) is 6.07 Å². The van der Waals surface area contributed by atoms with Gasteiger partial charge in [0.15, 0.2) is 0 Å². The molecule has 1 heterocycles. The van der Waals surface area contributed by atoms with Gasteiger partial charge in [-0.3, -0.25) is 9.27 Å². The standard InChI is InChI=1S/C15H14N6O2S/c16-7-9-2-1-3-11(14-8-18-14)15(9)20-19-12-5-4-10(17)6-13(12)21-24(22)23/h1-6,14,18,21H,8,17H2,(H,22,23). The topological polar surface area (TPSA) is 146 Å². The van der Waals surface area contributed by atoms with Crippen LogP contribution in [0.2, 0.25) is 0 Å². The molecule has 2 atom stereocenters. The molecule has 1 aliphatic rings. The minimum Gasteiger partial charge on any atom is -0.399 e. The maximum absolute atomic E-state index is 11.0. The van der Waals surface area contributed by atoms with Crippen molar-refractivity contribution in [1.82, 2.24) is 5.32 Å². The van der Waals surface area contributed by atoms with E-state index >= 15 is 0 Å². The number of benzene rings is 2. The zero-order valence-electron chi connectivity index (χ0n) is 12.4. The lowest BCUT2D eigenvalue weighted by molar-refractivity contribution is 0.570. The van der Waals surface area contributed by atoms with Crippen molar-refractivity contribution in [2.45, 2.75) is 6.04 Å². The largest absolute Gasteiger partial charge is 0.399 e. The highest BCUT2D eigenvalue weighted by Gasteiger charge is 2.26. The third-order valence-electron chi connectivity index (χ3n) is 3.45. The highest BCUT2D eigenvalue weighted by atomic mass is 32.2. The first-order valence-corrected chi connectivity index (χ1v) is 8.14. The van der Waals surface area contributed by atoms with Gasteiger partial charge in [-0.15, -0.1) is 10.2 Å². The van der Waals surface area contributed by atoms with Crippen LogP contribution in [-0.4, -0.2) is 15.3 Å². The van der Waals surface area contributed by atoms with E-state index < -0.39 is 11.3 Å². The molecule has 9 heteroatoms. The Balaban J connectivity index is 2.00. The van der Waals surface area contributed by atoms with Crippen molar-refractivity contribution in [2.75, 3.05) is 17.0 Å². The second-order valence-electron chi connectivity index (χ2n) is 5.14. The van der Waals surface area contributed by atoms with Crippen LogP contribution in [0.3, 0.4) is 0 Å². The number of nitrogens with zero attached hydrogens (tertiary/aromatic N) is 3. The number of rotatable bonds is 5. The normalized spacial score (nSPS) is 17.4. The van der Waals surface area contributed by atoms with E-state index in [0.717, 1.165) is 12.1 Å². The summed E-state index contributed by atoms with van der Waals surface area (Å²) in [6, 6.07) is 12.3. The Morgan fingerprint density at radius 2 is 2.17 bits per heavy atom. The number of nitrogens with two attached hydrogens (primary N) is 1. The van der Waals surface area contributed by atoms with Crippen molar-refractivity contribution in [1.29, 1.82) is 5.26 Å². The van der Waals surface area contributed by atoms with Gasteiger partial charge >= 0.3 is 0 Å².